The minimum Gasteiger partial charge on any atom is -0.472 e. The van der Waals surface area contributed by atoms with E-state index in [9.17, 15) is 9.18 Å². The van der Waals surface area contributed by atoms with Gasteiger partial charge in [0.05, 0.1) is 17.5 Å². The first-order valence-electron chi connectivity index (χ1n) is 6.12. The Kier molecular flexibility index (Phi) is 3.79. The summed E-state index contributed by atoms with van der Waals surface area (Å²) >= 11 is 1.41. The lowest BCUT2D eigenvalue weighted by atomic mass is 10.2. The van der Waals surface area contributed by atoms with Gasteiger partial charge in [0.1, 0.15) is 23.7 Å². The number of halogens is 1. The standard InChI is InChI=1S/C15H10FNO3S/c16-12-3-1-10(2-4-12)14-17-13(9-21-14)8-20-15(18)11-5-6-19-7-11/h1-7,9H,8H2. The number of nitrogens with zero attached hydrogens (tertiary/aromatic N) is 1. The summed E-state index contributed by atoms with van der Waals surface area (Å²) in [6.07, 6.45) is 2.74. The average Bonchev–Trinajstić information content (AvgIpc) is 3.17. The second-order valence-electron chi connectivity index (χ2n) is 4.24. The lowest BCUT2D eigenvalue weighted by Gasteiger charge is -2.00. The number of esters is 1. The van der Waals surface area contributed by atoms with Gasteiger partial charge in [0.25, 0.3) is 0 Å². The van der Waals surface area contributed by atoms with Crippen LogP contribution in [0.3, 0.4) is 0 Å². The summed E-state index contributed by atoms with van der Waals surface area (Å²) in [5.74, 6) is -0.746. The third-order valence-electron chi connectivity index (χ3n) is 2.75. The van der Waals surface area contributed by atoms with Gasteiger partial charge in [-0.05, 0) is 30.3 Å². The van der Waals surface area contributed by atoms with Gasteiger partial charge in [-0.2, -0.15) is 0 Å². The van der Waals surface area contributed by atoms with Crippen molar-refractivity contribution in [2.75, 3.05) is 0 Å². The third-order valence-corrected chi connectivity index (χ3v) is 3.69. The van der Waals surface area contributed by atoms with Gasteiger partial charge >= 0.3 is 5.97 Å². The van der Waals surface area contributed by atoms with Crippen molar-refractivity contribution in [2.45, 2.75) is 6.61 Å². The first-order chi connectivity index (χ1) is 10.2. The fourth-order valence-electron chi connectivity index (χ4n) is 1.70. The smallest absolute Gasteiger partial charge is 0.341 e. The number of thiazole rings is 1. The fraction of sp³-hybridized carbons (Fsp3) is 0.0667. The van der Waals surface area contributed by atoms with Crippen LogP contribution in [-0.4, -0.2) is 11.0 Å². The molecular weight excluding hydrogens is 293 g/mol. The van der Waals surface area contributed by atoms with Crippen LogP contribution < -0.4 is 0 Å². The summed E-state index contributed by atoms with van der Waals surface area (Å²) in [6, 6.07) is 7.63. The van der Waals surface area contributed by atoms with Gasteiger partial charge in [0.2, 0.25) is 0 Å². The van der Waals surface area contributed by atoms with Gasteiger partial charge in [-0.1, -0.05) is 0 Å². The molecule has 0 bridgehead atoms. The molecule has 0 aliphatic carbocycles. The Bertz CT molecular complexity index is 735. The molecule has 106 valence electrons. The number of rotatable bonds is 4. The van der Waals surface area contributed by atoms with E-state index in [1.54, 1.807) is 17.5 Å². The number of furan rings is 1. The highest BCUT2D eigenvalue weighted by Gasteiger charge is 2.10. The Morgan fingerprint density at radius 1 is 1.29 bits per heavy atom. The molecule has 3 aromatic rings. The SMILES string of the molecule is O=C(OCc1csc(-c2ccc(F)cc2)n1)c1ccoc1. The van der Waals surface area contributed by atoms with Crippen molar-refractivity contribution in [3.63, 3.8) is 0 Å². The van der Waals surface area contributed by atoms with E-state index >= 15 is 0 Å². The molecule has 0 saturated heterocycles. The van der Waals surface area contributed by atoms with E-state index in [-0.39, 0.29) is 12.4 Å². The zero-order chi connectivity index (χ0) is 14.7. The number of hydrogen-bond acceptors (Lipinski definition) is 5. The molecule has 1 aromatic carbocycles. The zero-order valence-corrected chi connectivity index (χ0v) is 11.6. The van der Waals surface area contributed by atoms with E-state index in [1.165, 1.54) is 42.1 Å². The Morgan fingerprint density at radius 2 is 2.10 bits per heavy atom. The number of carbonyl (C=O) groups is 1. The first kappa shape index (κ1) is 13.5. The highest BCUT2D eigenvalue weighted by Crippen LogP contribution is 2.24. The number of carbonyl (C=O) groups excluding carboxylic acids is 1. The molecule has 2 aromatic heterocycles. The Balaban J connectivity index is 1.65. The highest BCUT2D eigenvalue weighted by molar-refractivity contribution is 7.13. The third kappa shape index (κ3) is 3.17. The summed E-state index contributed by atoms with van der Waals surface area (Å²) in [5.41, 5.74) is 1.84. The molecule has 21 heavy (non-hydrogen) atoms. The van der Waals surface area contributed by atoms with Crippen molar-refractivity contribution in [1.29, 1.82) is 0 Å². The van der Waals surface area contributed by atoms with Gasteiger partial charge in [-0.15, -0.1) is 11.3 Å². The molecular formula is C15H10FNO3S. The number of benzene rings is 1. The Morgan fingerprint density at radius 3 is 2.81 bits per heavy atom. The number of ether oxygens (including phenoxy) is 1. The first-order valence-corrected chi connectivity index (χ1v) is 7.00. The van der Waals surface area contributed by atoms with Crippen molar-refractivity contribution in [2.24, 2.45) is 0 Å². The van der Waals surface area contributed by atoms with Crippen LogP contribution in [0.5, 0.6) is 0 Å². The molecule has 0 atom stereocenters. The van der Waals surface area contributed by atoms with E-state index in [2.05, 4.69) is 4.98 Å². The van der Waals surface area contributed by atoms with Gasteiger partial charge in [0, 0.05) is 10.9 Å². The van der Waals surface area contributed by atoms with Crippen LogP contribution in [0.1, 0.15) is 16.1 Å². The predicted molar refractivity (Wildman–Crippen MR) is 75.3 cm³/mol. The van der Waals surface area contributed by atoms with Crippen LogP contribution in [0, 0.1) is 5.82 Å². The summed E-state index contributed by atoms with van der Waals surface area (Å²) in [5, 5.41) is 2.56. The average molecular weight is 303 g/mol. The molecule has 0 N–H and O–H groups in total. The topological polar surface area (TPSA) is 52.3 Å². The van der Waals surface area contributed by atoms with Crippen molar-refractivity contribution in [3.05, 3.63) is 65.3 Å². The van der Waals surface area contributed by atoms with Crippen LogP contribution in [0.2, 0.25) is 0 Å². The molecule has 4 nitrogen and oxygen atoms in total. The van der Waals surface area contributed by atoms with Crippen LogP contribution in [0.4, 0.5) is 4.39 Å². The van der Waals surface area contributed by atoms with Crippen LogP contribution in [0.15, 0.2) is 52.7 Å². The minimum atomic E-state index is -0.458. The quantitative estimate of drug-likeness (QED) is 0.686. The zero-order valence-electron chi connectivity index (χ0n) is 10.8. The lowest BCUT2D eigenvalue weighted by Crippen LogP contribution is -2.04. The fourth-order valence-corrected chi connectivity index (χ4v) is 2.51. The summed E-state index contributed by atoms with van der Waals surface area (Å²) < 4.78 is 22.8. The molecule has 0 fully saturated rings. The maximum Gasteiger partial charge on any atom is 0.341 e. The largest absolute Gasteiger partial charge is 0.472 e. The summed E-state index contributed by atoms with van der Waals surface area (Å²) in [6.45, 7) is 0.0850. The normalized spacial score (nSPS) is 10.5. The molecule has 2 heterocycles. The maximum absolute atomic E-state index is 12.9. The maximum atomic E-state index is 12.9. The van der Waals surface area contributed by atoms with Gasteiger partial charge in [-0.25, -0.2) is 14.2 Å². The number of aromatic nitrogens is 1. The molecule has 0 saturated carbocycles. The van der Waals surface area contributed by atoms with Crippen molar-refractivity contribution in [3.8, 4) is 10.6 Å². The molecule has 0 amide bonds. The molecule has 0 radical (unpaired) electrons. The second kappa shape index (κ2) is 5.88. The van der Waals surface area contributed by atoms with Crippen molar-refractivity contribution in [1.82, 2.24) is 4.98 Å². The summed E-state index contributed by atoms with van der Waals surface area (Å²) in [7, 11) is 0. The van der Waals surface area contributed by atoms with E-state index in [0.29, 0.717) is 11.3 Å². The Hall–Kier alpha value is -2.47. The lowest BCUT2D eigenvalue weighted by molar-refractivity contribution is 0.0467. The van der Waals surface area contributed by atoms with Gasteiger partial charge in [0.15, 0.2) is 0 Å². The molecule has 0 aliphatic rings. The van der Waals surface area contributed by atoms with Crippen molar-refractivity contribution >= 4 is 17.3 Å². The second-order valence-corrected chi connectivity index (χ2v) is 5.10. The molecule has 3 rings (SSSR count). The molecule has 0 spiro atoms. The molecule has 0 aliphatic heterocycles. The summed E-state index contributed by atoms with van der Waals surface area (Å²) in [4.78, 5) is 16.0. The predicted octanol–water partition coefficient (Wildman–Crippen LogP) is 3.90. The van der Waals surface area contributed by atoms with Gasteiger partial charge in [-0.3, -0.25) is 0 Å². The van der Waals surface area contributed by atoms with Crippen LogP contribution in [0.25, 0.3) is 10.6 Å². The minimum absolute atomic E-state index is 0.0850. The molecule has 0 unspecified atom stereocenters. The van der Waals surface area contributed by atoms with Crippen LogP contribution in [-0.2, 0) is 11.3 Å². The Labute approximate surface area is 123 Å². The number of hydrogen-bond donors (Lipinski definition) is 0. The monoisotopic (exact) mass is 303 g/mol. The van der Waals surface area contributed by atoms with Crippen molar-refractivity contribution < 1.29 is 18.3 Å². The van der Waals surface area contributed by atoms with Gasteiger partial charge < -0.3 is 9.15 Å². The highest BCUT2D eigenvalue weighted by atomic mass is 32.1. The van der Waals surface area contributed by atoms with E-state index in [4.69, 9.17) is 9.15 Å². The van der Waals surface area contributed by atoms with E-state index in [0.717, 1.165) is 10.6 Å². The molecule has 6 heteroatoms. The van der Waals surface area contributed by atoms with E-state index in [1.807, 2.05) is 0 Å². The van der Waals surface area contributed by atoms with Crippen LogP contribution >= 0.6 is 11.3 Å². The van der Waals surface area contributed by atoms with E-state index < -0.39 is 5.97 Å².